The van der Waals surface area contributed by atoms with Crippen LogP contribution < -0.4 is 0 Å². The van der Waals surface area contributed by atoms with Crippen LogP contribution in [-0.4, -0.2) is 24.1 Å². The quantitative estimate of drug-likeness (QED) is 0.132. The zero-order valence-electron chi connectivity index (χ0n) is 31.7. The predicted molar refractivity (Wildman–Crippen MR) is 243 cm³/mol. The fraction of sp³-hybridized carbons (Fsp3) is 0. The molecule has 0 aliphatic heterocycles. The minimum absolute atomic E-state index is 0.370. The van der Waals surface area contributed by atoms with E-state index in [2.05, 4.69) is 116 Å². The lowest BCUT2D eigenvalue weighted by molar-refractivity contribution is 1.09. The van der Waals surface area contributed by atoms with E-state index in [1.165, 1.54) is 0 Å². The van der Waals surface area contributed by atoms with Gasteiger partial charge in [-0.1, -0.05) is 109 Å². The van der Waals surface area contributed by atoms with Crippen LogP contribution in [-0.2, 0) is 0 Å². The highest BCUT2D eigenvalue weighted by Crippen LogP contribution is 2.54. The van der Waals surface area contributed by atoms with E-state index in [1.807, 2.05) is 73.3 Å². The highest BCUT2D eigenvalue weighted by Gasteiger charge is 2.33. The van der Waals surface area contributed by atoms with Crippen molar-refractivity contribution in [2.45, 2.75) is 0 Å². The van der Waals surface area contributed by atoms with Crippen LogP contribution in [0.3, 0.4) is 0 Å². The number of benzene rings is 8. The second kappa shape index (κ2) is 11.9. The van der Waals surface area contributed by atoms with Gasteiger partial charge in [-0.25, -0.2) is 14.8 Å². The molecule has 8 aromatic carbocycles. The van der Waals surface area contributed by atoms with Crippen molar-refractivity contribution in [3.63, 3.8) is 0 Å². The fourth-order valence-electron chi connectivity index (χ4n) is 10.2. The highest BCUT2D eigenvalue weighted by atomic mass is 15.1. The van der Waals surface area contributed by atoms with E-state index in [-0.39, 0.29) is 0 Å². The van der Waals surface area contributed by atoms with Gasteiger partial charge in [-0.2, -0.15) is 5.26 Å². The van der Waals surface area contributed by atoms with Gasteiger partial charge in [0.25, 0.3) is 0 Å². The molecule has 0 bridgehead atoms. The molecule has 0 N–H and O–H groups in total. The Morgan fingerprint density at radius 2 is 0.967 bits per heavy atom. The summed E-state index contributed by atoms with van der Waals surface area (Å²) < 4.78 is 4.36. The zero-order valence-corrected chi connectivity index (χ0v) is 31.7. The number of hydrogen-bond acceptors (Lipinski definition) is 4. The van der Waals surface area contributed by atoms with Crippen molar-refractivity contribution in [3.05, 3.63) is 181 Å². The van der Waals surface area contributed by atoms with Gasteiger partial charge in [0.05, 0.1) is 34.5 Å². The molecule has 0 unspecified atom stereocenters. The van der Waals surface area contributed by atoms with E-state index < -0.39 is 0 Å². The minimum Gasteiger partial charge on any atom is -0.318 e. The Kier molecular flexibility index (Phi) is 6.45. The van der Waals surface area contributed by atoms with Crippen LogP contribution in [0.4, 0.5) is 5.69 Å². The standard InChI is InChI=1S/C53H27N7/c1-55-49-43(30-12-4-2-5-13-30)39(28-54)50(60-52-47-37(23-26-57-52)32-16-8-9-17-33(32)38-24-27-58-53(60)48(38)47)44(31-14-6-3-7-15-31)51(49)59-41-20-10-18-35-34-22-25-56-29-40(34)36-19-11-21-42(59)46(36)45(35)41/h2-27,29H. The Morgan fingerprint density at radius 1 is 0.467 bits per heavy atom. The van der Waals surface area contributed by atoms with Crippen molar-refractivity contribution in [2.24, 2.45) is 0 Å². The molecule has 0 saturated heterocycles. The first-order valence-corrected chi connectivity index (χ1v) is 19.8. The lowest BCUT2D eigenvalue weighted by Crippen LogP contribution is -2.09. The third-order valence-corrected chi connectivity index (χ3v) is 12.5. The molecule has 0 spiro atoms. The molecule has 5 aromatic heterocycles. The summed E-state index contributed by atoms with van der Waals surface area (Å²) in [6.45, 7) is 9.14. The molecule has 0 fully saturated rings. The molecule has 13 rings (SSSR count). The molecule has 7 nitrogen and oxygen atoms in total. The monoisotopic (exact) mass is 761 g/mol. The largest absolute Gasteiger partial charge is 0.318 e. The van der Waals surface area contributed by atoms with E-state index in [9.17, 15) is 5.26 Å². The lowest BCUT2D eigenvalue weighted by Gasteiger charge is -2.25. The summed E-state index contributed by atoms with van der Waals surface area (Å²) in [5.41, 5.74) is 8.28. The topological polar surface area (TPSA) is 76.7 Å². The molecule has 274 valence electrons. The van der Waals surface area contributed by atoms with Gasteiger partial charge < -0.3 is 4.57 Å². The number of fused-ring (bicyclic) bond motifs is 6. The van der Waals surface area contributed by atoms with E-state index in [0.717, 1.165) is 92.4 Å². The Morgan fingerprint density at radius 3 is 1.55 bits per heavy atom. The molecule has 60 heavy (non-hydrogen) atoms. The molecule has 0 radical (unpaired) electrons. The number of aromatic nitrogens is 5. The Balaban J connectivity index is 1.33. The van der Waals surface area contributed by atoms with Gasteiger partial charge in [-0.15, -0.1) is 0 Å². The van der Waals surface area contributed by atoms with Crippen LogP contribution in [0.2, 0.25) is 0 Å². The molecule has 0 aliphatic rings. The zero-order chi connectivity index (χ0) is 39.6. The Labute approximate surface area is 341 Å². The normalized spacial score (nSPS) is 12.0. The van der Waals surface area contributed by atoms with E-state index in [0.29, 0.717) is 39.5 Å². The van der Waals surface area contributed by atoms with Gasteiger partial charge in [-0.05, 0) is 79.2 Å². The van der Waals surface area contributed by atoms with E-state index in [1.54, 1.807) is 0 Å². The lowest BCUT2D eigenvalue weighted by atomic mass is 9.88. The molecular formula is C53H27N7. The number of pyridine rings is 3. The van der Waals surface area contributed by atoms with Gasteiger partial charge in [0.1, 0.15) is 17.4 Å². The SMILES string of the molecule is [C-]#[N+]c1c(-c2ccccc2)c(C#N)c(-n2c3nccc4c5ccccc5c5ccnc2c5c43)c(-c2ccccc2)c1-n1c2cccc3c4ccncc4c4cccc1c4c32. The molecule has 0 saturated carbocycles. The average Bonchev–Trinajstić information content (AvgIpc) is 3.84. The van der Waals surface area contributed by atoms with Crippen LogP contribution in [0.15, 0.2) is 164 Å². The summed E-state index contributed by atoms with van der Waals surface area (Å²) in [6.07, 6.45) is 7.51. The summed E-state index contributed by atoms with van der Waals surface area (Å²) in [7, 11) is 0. The van der Waals surface area contributed by atoms with E-state index >= 15 is 0 Å². The summed E-state index contributed by atoms with van der Waals surface area (Å²) in [5.74, 6) is 0. The smallest absolute Gasteiger partial charge is 0.220 e. The van der Waals surface area contributed by atoms with Crippen LogP contribution in [0.1, 0.15) is 5.56 Å². The maximum Gasteiger partial charge on any atom is 0.220 e. The maximum absolute atomic E-state index is 11.7. The van der Waals surface area contributed by atoms with Gasteiger partial charge in [0.2, 0.25) is 5.69 Å². The predicted octanol–water partition coefficient (Wildman–Crippen LogP) is 13.3. The summed E-state index contributed by atoms with van der Waals surface area (Å²) in [5, 5.41) is 24.6. The van der Waals surface area contributed by atoms with Gasteiger partial charge in [-0.3, -0.25) is 9.55 Å². The molecule has 13 aromatic rings. The Bertz CT molecular complexity index is 3620. The van der Waals surface area contributed by atoms with Gasteiger partial charge in [0.15, 0.2) is 0 Å². The van der Waals surface area contributed by atoms with Gasteiger partial charge in [0, 0.05) is 62.8 Å². The molecule has 7 heteroatoms. The fourth-order valence-corrected chi connectivity index (χ4v) is 10.2. The molecule has 5 heterocycles. The van der Waals surface area contributed by atoms with Crippen LogP contribution in [0.5, 0.6) is 0 Å². The van der Waals surface area contributed by atoms with Crippen molar-refractivity contribution >= 4 is 92.6 Å². The third kappa shape index (κ3) is 4.02. The average molecular weight is 762 g/mol. The van der Waals surface area contributed by atoms with Crippen molar-refractivity contribution in [1.82, 2.24) is 24.1 Å². The second-order valence-corrected chi connectivity index (χ2v) is 15.3. The maximum atomic E-state index is 11.7. The first-order valence-electron chi connectivity index (χ1n) is 19.8. The second-order valence-electron chi connectivity index (χ2n) is 15.3. The molecular weight excluding hydrogens is 735 g/mol. The highest BCUT2D eigenvalue weighted by molar-refractivity contribution is 6.35. The van der Waals surface area contributed by atoms with Gasteiger partial charge >= 0.3 is 0 Å². The van der Waals surface area contributed by atoms with E-state index in [4.69, 9.17) is 16.5 Å². The number of nitriles is 1. The number of nitrogens with zero attached hydrogens (tertiary/aromatic N) is 7. The van der Waals surface area contributed by atoms with Crippen molar-refractivity contribution in [1.29, 1.82) is 5.26 Å². The first kappa shape index (κ1) is 32.4. The summed E-state index contributed by atoms with van der Waals surface area (Å²) in [4.78, 5) is 19.3. The van der Waals surface area contributed by atoms with Crippen LogP contribution >= 0.6 is 0 Å². The number of hydrogen-bond donors (Lipinski definition) is 0. The third-order valence-electron chi connectivity index (χ3n) is 12.5. The summed E-state index contributed by atoms with van der Waals surface area (Å²) in [6, 6.07) is 50.3. The summed E-state index contributed by atoms with van der Waals surface area (Å²) >= 11 is 0. The minimum atomic E-state index is 0.370. The molecule has 0 amide bonds. The van der Waals surface area contributed by atoms with Crippen molar-refractivity contribution in [2.75, 3.05) is 0 Å². The molecule has 0 atom stereocenters. The first-order chi connectivity index (χ1) is 29.8. The number of rotatable bonds is 4. The van der Waals surface area contributed by atoms with Crippen LogP contribution in [0, 0.1) is 17.9 Å². The van der Waals surface area contributed by atoms with Crippen molar-refractivity contribution < 1.29 is 0 Å². The van der Waals surface area contributed by atoms with Crippen molar-refractivity contribution in [3.8, 4) is 39.7 Å². The molecule has 0 aliphatic carbocycles. The van der Waals surface area contributed by atoms with Crippen LogP contribution in [0.25, 0.3) is 125 Å². The Hall–Kier alpha value is -8.65.